The second-order valence-electron chi connectivity index (χ2n) is 2.58. The van der Waals surface area contributed by atoms with E-state index in [4.69, 9.17) is 5.73 Å². The lowest BCUT2D eigenvalue weighted by atomic mass is 10.0. The molecule has 1 heterocycles. The molecule has 0 aliphatic carbocycles. The molecule has 1 saturated heterocycles. The van der Waals surface area contributed by atoms with Crippen molar-refractivity contribution in [1.29, 1.82) is 0 Å². The summed E-state index contributed by atoms with van der Waals surface area (Å²) >= 11 is 0. The van der Waals surface area contributed by atoms with Crippen LogP contribution in [-0.4, -0.2) is 24.8 Å². The number of hydrogen-bond donors (Lipinski definition) is 2. The molecule has 0 radical (unpaired) electrons. The zero-order chi connectivity index (χ0) is 7.83. The summed E-state index contributed by atoms with van der Waals surface area (Å²) in [5, 5.41) is 2.57. The lowest BCUT2D eigenvalue weighted by molar-refractivity contribution is -0.179. The molecule has 60 valence electrons. The summed E-state index contributed by atoms with van der Waals surface area (Å²) in [6.45, 7) is 0.201. The third-order valence-electron chi connectivity index (χ3n) is 1.75. The standard InChI is InChI=1S/C5H9F3N2/c6-5(7,8)4(9)1-2-10-3-4/h10H,1-3,9H2. The number of halogens is 3. The van der Waals surface area contributed by atoms with Gasteiger partial charge in [0.2, 0.25) is 0 Å². The lowest BCUT2D eigenvalue weighted by Crippen LogP contribution is -2.54. The summed E-state index contributed by atoms with van der Waals surface area (Å²) in [5.74, 6) is 0. The average Bonchev–Trinajstić information content (AvgIpc) is 2.13. The van der Waals surface area contributed by atoms with Gasteiger partial charge in [0, 0.05) is 6.54 Å². The predicted octanol–water partition coefficient (Wildman–Crippen LogP) is 0.240. The Morgan fingerprint density at radius 2 is 2.00 bits per heavy atom. The van der Waals surface area contributed by atoms with E-state index in [1.54, 1.807) is 0 Å². The SMILES string of the molecule is NC1(C(F)(F)F)CCNC1. The maximum atomic E-state index is 12.0. The maximum absolute atomic E-state index is 12.0. The molecule has 0 bridgehead atoms. The van der Waals surface area contributed by atoms with E-state index in [-0.39, 0.29) is 13.0 Å². The van der Waals surface area contributed by atoms with Gasteiger partial charge >= 0.3 is 6.18 Å². The first-order valence-electron chi connectivity index (χ1n) is 3.02. The van der Waals surface area contributed by atoms with Crippen LogP contribution in [0, 0.1) is 0 Å². The zero-order valence-corrected chi connectivity index (χ0v) is 5.33. The molecule has 3 N–H and O–H groups in total. The molecule has 10 heavy (non-hydrogen) atoms. The number of hydrogen-bond acceptors (Lipinski definition) is 2. The molecule has 0 saturated carbocycles. The van der Waals surface area contributed by atoms with Gasteiger partial charge in [-0.1, -0.05) is 0 Å². The second kappa shape index (κ2) is 2.10. The number of rotatable bonds is 0. The van der Waals surface area contributed by atoms with E-state index in [1.807, 2.05) is 0 Å². The fourth-order valence-electron chi connectivity index (χ4n) is 0.953. The van der Waals surface area contributed by atoms with Gasteiger partial charge in [0.1, 0.15) is 5.54 Å². The summed E-state index contributed by atoms with van der Waals surface area (Å²) in [7, 11) is 0. The quantitative estimate of drug-likeness (QED) is 0.524. The molecule has 0 spiro atoms. The predicted molar refractivity (Wildman–Crippen MR) is 30.5 cm³/mol. The van der Waals surface area contributed by atoms with Crippen molar-refractivity contribution >= 4 is 0 Å². The Kier molecular flexibility index (Phi) is 1.64. The maximum Gasteiger partial charge on any atom is 0.407 e. The van der Waals surface area contributed by atoms with Gasteiger partial charge in [-0.15, -0.1) is 0 Å². The van der Waals surface area contributed by atoms with Crippen molar-refractivity contribution in [3.63, 3.8) is 0 Å². The molecule has 1 atom stereocenters. The molecule has 0 aromatic heterocycles. The van der Waals surface area contributed by atoms with Gasteiger partial charge in [-0.2, -0.15) is 13.2 Å². The molecule has 1 fully saturated rings. The van der Waals surface area contributed by atoms with Gasteiger partial charge in [0.25, 0.3) is 0 Å². The number of alkyl halides is 3. The van der Waals surface area contributed by atoms with E-state index < -0.39 is 11.7 Å². The molecule has 0 aromatic rings. The van der Waals surface area contributed by atoms with Crippen LogP contribution in [0.15, 0.2) is 0 Å². The van der Waals surface area contributed by atoms with Crippen LogP contribution in [0.4, 0.5) is 13.2 Å². The van der Waals surface area contributed by atoms with E-state index in [1.165, 1.54) is 0 Å². The van der Waals surface area contributed by atoms with Crippen LogP contribution in [0.3, 0.4) is 0 Å². The third-order valence-corrected chi connectivity index (χ3v) is 1.75. The Balaban J connectivity index is 2.67. The Morgan fingerprint density at radius 1 is 1.40 bits per heavy atom. The van der Waals surface area contributed by atoms with Crippen molar-refractivity contribution in [3.8, 4) is 0 Å². The highest BCUT2D eigenvalue weighted by molar-refractivity contribution is 4.98. The molecule has 1 unspecified atom stereocenters. The van der Waals surface area contributed by atoms with Crippen molar-refractivity contribution < 1.29 is 13.2 Å². The minimum atomic E-state index is -4.27. The summed E-state index contributed by atoms with van der Waals surface area (Å²) < 4.78 is 35.9. The van der Waals surface area contributed by atoms with Crippen LogP contribution in [0.1, 0.15) is 6.42 Å². The number of nitrogens with two attached hydrogens (primary N) is 1. The Hall–Kier alpha value is -0.290. The Labute approximate surface area is 56.6 Å². The highest BCUT2D eigenvalue weighted by atomic mass is 19.4. The second-order valence-corrected chi connectivity index (χ2v) is 2.58. The summed E-state index contributed by atoms with van der Waals surface area (Å²) in [5.41, 5.74) is 3.07. The molecular formula is C5H9F3N2. The first kappa shape index (κ1) is 7.81. The largest absolute Gasteiger partial charge is 0.407 e. The highest BCUT2D eigenvalue weighted by Crippen LogP contribution is 2.32. The van der Waals surface area contributed by atoms with Gasteiger partial charge in [-0.05, 0) is 13.0 Å². The van der Waals surface area contributed by atoms with Crippen LogP contribution in [0.25, 0.3) is 0 Å². The van der Waals surface area contributed by atoms with Crippen LogP contribution >= 0.6 is 0 Å². The minimum Gasteiger partial charge on any atom is -0.317 e. The minimum absolute atomic E-state index is 0.0174. The van der Waals surface area contributed by atoms with Crippen LogP contribution in [0.5, 0.6) is 0 Å². The molecular weight excluding hydrogens is 145 g/mol. The topological polar surface area (TPSA) is 38.0 Å². The van der Waals surface area contributed by atoms with Gasteiger partial charge in [0.05, 0.1) is 0 Å². The normalized spacial score (nSPS) is 34.8. The van der Waals surface area contributed by atoms with E-state index in [0.717, 1.165) is 0 Å². The fourth-order valence-corrected chi connectivity index (χ4v) is 0.953. The Bertz CT molecular complexity index is 125. The van der Waals surface area contributed by atoms with E-state index in [0.29, 0.717) is 6.54 Å². The molecule has 1 aliphatic rings. The molecule has 0 amide bonds. The molecule has 2 nitrogen and oxygen atoms in total. The van der Waals surface area contributed by atoms with Crippen molar-refractivity contribution in [2.75, 3.05) is 13.1 Å². The lowest BCUT2D eigenvalue weighted by Gasteiger charge is -2.25. The number of nitrogens with one attached hydrogen (secondary N) is 1. The average molecular weight is 154 g/mol. The molecule has 5 heteroatoms. The van der Waals surface area contributed by atoms with Crippen molar-refractivity contribution in [3.05, 3.63) is 0 Å². The van der Waals surface area contributed by atoms with E-state index in [2.05, 4.69) is 5.32 Å². The summed E-state index contributed by atoms with van der Waals surface area (Å²) in [6.07, 6.45) is -4.28. The fraction of sp³-hybridized carbons (Fsp3) is 1.00. The van der Waals surface area contributed by atoms with Gasteiger partial charge in [0.15, 0.2) is 0 Å². The van der Waals surface area contributed by atoms with Crippen molar-refractivity contribution in [1.82, 2.24) is 5.32 Å². The first-order valence-corrected chi connectivity index (χ1v) is 3.02. The third kappa shape index (κ3) is 1.11. The van der Waals surface area contributed by atoms with Crippen LogP contribution in [0.2, 0.25) is 0 Å². The van der Waals surface area contributed by atoms with Crippen molar-refractivity contribution in [2.45, 2.75) is 18.1 Å². The van der Waals surface area contributed by atoms with Gasteiger partial charge < -0.3 is 11.1 Å². The summed E-state index contributed by atoms with van der Waals surface area (Å²) in [6, 6.07) is 0. The molecule has 1 aliphatic heterocycles. The zero-order valence-electron chi connectivity index (χ0n) is 5.33. The van der Waals surface area contributed by atoms with Gasteiger partial charge in [-0.3, -0.25) is 0 Å². The monoisotopic (exact) mass is 154 g/mol. The Morgan fingerprint density at radius 3 is 2.20 bits per heavy atom. The van der Waals surface area contributed by atoms with E-state index in [9.17, 15) is 13.2 Å². The highest BCUT2D eigenvalue weighted by Gasteiger charge is 2.53. The molecule has 1 rings (SSSR count). The van der Waals surface area contributed by atoms with Crippen LogP contribution < -0.4 is 11.1 Å². The van der Waals surface area contributed by atoms with Crippen molar-refractivity contribution in [2.24, 2.45) is 5.73 Å². The van der Waals surface area contributed by atoms with Gasteiger partial charge in [-0.25, -0.2) is 0 Å². The summed E-state index contributed by atoms with van der Waals surface area (Å²) in [4.78, 5) is 0. The van der Waals surface area contributed by atoms with Crippen LogP contribution in [-0.2, 0) is 0 Å². The molecule has 0 aromatic carbocycles. The smallest absolute Gasteiger partial charge is 0.317 e. The first-order chi connectivity index (χ1) is 4.46. The van der Waals surface area contributed by atoms with E-state index >= 15 is 0 Å².